The molecule has 0 aliphatic carbocycles. The summed E-state index contributed by atoms with van der Waals surface area (Å²) in [5.41, 5.74) is 0. The predicted molar refractivity (Wildman–Crippen MR) is 49.0 cm³/mol. The van der Waals surface area contributed by atoms with E-state index in [9.17, 15) is 17.9 Å². The lowest BCUT2D eigenvalue weighted by Crippen LogP contribution is -2.02. The molecule has 0 fully saturated rings. The number of phosphoric ester groups is 1. The van der Waals surface area contributed by atoms with Crippen LogP contribution >= 0.6 is 23.6 Å². The van der Waals surface area contributed by atoms with E-state index in [2.05, 4.69) is 13.1 Å². The Kier molecular flexibility index (Phi) is 5.48. The highest BCUT2D eigenvalue weighted by molar-refractivity contribution is 7.66. The molecule has 0 amide bonds. The van der Waals surface area contributed by atoms with Crippen LogP contribution in [0.1, 0.15) is 13.8 Å². The molecule has 0 aliphatic heterocycles. The molecule has 0 saturated heterocycles. The van der Waals surface area contributed by atoms with Crippen LogP contribution in [0.3, 0.4) is 0 Å². The van der Waals surface area contributed by atoms with Crippen LogP contribution in [-0.2, 0) is 26.8 Å². The molecular formula is C3H10FO9P3. The van der Waals surface area contributed by atoms with Crippen molar-refractivity contribution in [3.63, 3.8) is 0 Å². The Hall–Kier alpha value is 0.380. The van der Waals surface area contributed by atoms with Crippen molar-refractivity contribution in [2.24, 2.45) is 0 Å². The van der Waals surface area contributed by atoms with E-state index in [0.717, 1.165) is 0 Å². The van der Waals surface area contributed by atoms with Gasteiger partial charge in [-0.15, -0.1) is 4.20 Å². The van der Waals surface area contributed by atoms with Gasteiger partial charge in [-0.3, -0.25) is 9.42 Å². The van der Waals surface area contributed by atoms with E-state index < -0.39 is 29.7 Å². The molecule has 3 N–H and O–H groups in total. The summed E-state index contributed by atoms with van der Waals surface area (Å²) in [5, 5.41) is 0. The smallest absolute Gasteiger partial charge is 0.302 e. The molecule has 0 spiro atoms. The highest BCUT2D eigenvalue weighted by Crippen LogP contribution is 2.68. The minimum absolute atomic E-state index is 0.845. The van der Waals surface area contributed by atoms with Crippen molar-refractivity contribution < 1.29 is 45.7 Å². The van der Waals surface area contributed by atoms with E-state index >= 15 is 0 Å². The van der Waals surface area contributed by atoms with Crippen molar-refractivity contribution in [1.82, 2.24) is 0 Å². The quantitative estimate of drug-likeness (QED) is 0.625. The zero-order valence-electron chi connectivity index (χ0n) is 8.09. The molecule has 0 aromatic heterocycles. The summed E-state index contributed by atoms with van der Waals surface area (Å²) in [5.74, 6) is 0. The molecular weight excluding hydrogens is 292 g/mol. The summed E-state index contributed by atoms with van der Waals surface area (Å²) < 4.78 is 54.4. The van der Waals surface area contributed by atoms with Gasteiger partial charge >= 0.3 is 23.6 Å². The third-order valence-electron chi connectivity index (χ3n) is 0.754. The van der Waals surface area contributed by atoms with Gasteiger partial charge in [0.15, 0.2) is 0 Å². The standard InChI is InChI=1S/C3H10FO9P3/c1-3(2)11-15(7,8)13-16(9,10)12-14(4,5)6/h3H,1-2H3,(H,5,6)(H,7,8)(H,9,10). The van der Waals surface area contributed by atoms with Crippen LogP contribution in [0, 0.1) is 0 Å². The first-order valence-corrected chi connectivity index (χ1v) is 8.08. The van der Waals surface area contributed by atoms with Gasteiger partial charge in [-0.05, 0) is 13.8 Å². The van der Waals surface area contributed by atoms with Crippen LogP contribution in [0.25, 0.3) is 0 Å². The first-order chi connectivity index (χ1) is 6.83. The normalized spacial score (nSPS) is 23.4. The molecule has 0 rings (SSSR count). The summed E-state index contributed by atoms with van der Waals surface area (Å²) in [6, 6.07) is 0. The Morgan fingerprint density at radius 3 is 1.75 bits per heavy atom. The molecule has 13 heteroatoms. The van der Waals surface area contributed by atoms with Gasteiger partial charge in [0.05, 0.1) is 6.10 Å². The van der Waals surface area contributed by atoms with Crippen LogP contribution < -0.4 is 0 Å². The monoisotopic (exact) mass is 302 g/mol. The van der Waals surface area contributed by atoms with E-state index in [0.29, 0.717) is 0 Å². The van der Waals surface area contributed by atoms with Gasteiger partial charge in [-0.2, -0.15) is 8.62 Å². The molecule has 16 heavy (non-hydrogen) atoms. The third kappa shape index (κ3) is 8.52. The van der Waals surface area contributed by atoms with Crippen molar-refractivity contribution in [3.8, 4) is 0 Å². The van der Waals surface area contributed by atoms with E-state index in [4.69, 9.17) is 14.7 Å². The summed E-state index contributed by atoms with van der Waals surface area (Å²) in [7, 11) is -16.3. The van der Waals surface area contributed by atoms with Gasteiger partial charge in [0.2, 0.25) is 0 Å². The fourth-order valence-electron chi connectivity index (χ4n) is 0.558. The largest absolute Gasteiger partial charge is 0.519 e. The maximum absolute atomic E-state index is 12.0. The first-order valence-electron chi connectivity index (χ1n) is 3.62. The molecule has 98 valence electrons. The lowest BCUT2D eigenvalue weighted by Gasteiger charge is -2.16. The highest BCUT2D eigenvalue weighted by Gasteiger charge is 2.41. The van der Waals surface area contributed by atoms with Gasteiger partial charge in [0, 0.05) is 0 Å². The summed E-state index contributed by atoms with van der Waals surface area (Å²) in [6.45, 7) is 2.61. The summed E-state index contributed by atoms with van der Waals surface area (Å²) >= 11 is 0. The Labute approximate surface area is 90.0 Å². The number of hydrogen-bond acceptors (Lipinski definition) is 6. The van der Waals surface area contributed by atoms with Crippen molar-refractivity contribution in [2.75, 3.05) is 0 Å². The van der Waals surface area contributed by atoms with Gasteiger partial charge < -0.3 is 9.79 Å². The van der Waals surface area contributed by atoms with Gasteiger partial charge in [0.25, 0.3) is 0 Å². The zero-order valence-corrected chi connectivity index (χ0v) is 10.8. The molecule has 0 aromatic carbocycles. The fourth-order valence-corrected chi connectivity index (χ4v) is 3.69. The molecule has 0 radical (unpaired) electrons. The maximum atomic E-state index is 12.0. The fraction of sp³-hybridized carbons (Fsp3) is 1.00. The van der Waals surface area contributed by atoms with E-state index in [1.54, 1.807) is 0 Å². The van der Waals surface area contributed by atoms with E-state index in [1.165, 1.54) is 13.8 Å². The van der Waals surface area contributed by atoms with Crippen molar-refractivity contribution >= 4 is 23.6 Å². The van der Waals surface area contributed by atoms with Gasteiger partial charge in [0.1, 0.15) is 0 Å². The van der Waals surface area contributed by atoms with Crippen molar-refractivity contribution in [1.29, 1.82) is 0 Å². The second-order valence-corrected chi connectivity index (χ2v) is 7.00. The molecule has 0 saturated carbocycles. The average Bonchev–Trinajstić information content (AvgIpc) is 1.69. The number of phosphoric acid groups is 2. The Balaban J connectivity index is 4.65. The van der Waals surface area contributed by atoms with Gasteiger partial charge in [-0.1, -0.05) is 0 Å². The maximum Gasteiger partial charge on any atom is 0.519 e. The average molecular weight is 302 g/mol. The lowest BCUT2D eigenvalue weighted by molar-refractivity contribution is 0.146. The predicted octanol–water partition coefficient (Wildman–Crippen LogP) is 1.72. The van der Waals surface area contributed by atoms with Gasteiger partial charge in [-0.25, -0.2) is 13.7 Å². The topological polar surface area (TPSA) is 140 Å². The van der Waals surface area contributed by atoms with Crippen LogP contribution in [-0.4, -0.2) is 20.8 Å². The van der Waals surface area contributed by atoms with Crippen LogP contribution in [0.4, 0.5) is 4.20 Å². The molecule has 3 atom stereocenters. The molecule has 0 aliphatic rings. The van der Waals surface area contributed by atoms with Crippen molar-refractivity contribution in [2.45, 2.75) is 20.0 Å². The van der Waals surface area contributed by atoms with Crippen LogP contribution in [0.2, 0.25) is 0 Å². The SMILES string of the molecule is CC(C)OP(=O)(O)OP(=O)(O)OP(=O)(O)F. The Morgan fingerprint density at radius 1 is 1.00 bits per heavy atom. The summed E-state index contributed by atoms with van der Waals surface area (Å²) in [4.78, 5) is 25.4. The second kappa shape index (κ2) is 5.35. The number of hydrogen-bond donors (Lipinski definition) is 3. The van der Waals surface area contributed by atoms with Crippen LogP contribution in [0.15, 0.2) is 0 Å². The molecule has 0 heterocycles. The van der Waals surface area contributed by atoms with Crippen molar-refractivity contribution in [3.05, 3.63) is 0 Å². The third-order valence-corrected chi connectivity index (χ3v) is 4.72. The molecule has 0 aromatic rings. The lowest BCUT2D eigenvalue weighted by atomic mass is 10.5. The van der Waals surface area contributed by atoms with Crippen LogP contribution in [0.5, 0.6) is 0 Å². The van der Waals surface area contributed by atoms with E-state index in [-0.39, 0.29) is 0 Å². The molecule has 3 unspecified atom stereocenters. The Bertz CT molecular complexity index is 372. The minimum atomic E-state index is -5.83. The number of rotatable bonds is 6. The number of halogens is 1. The highest BCUT2D eigenvalue weighted by atomic mass is 31.3. The summed E-state index contributed by atoms with van der Waals surface area (Å²) in [6.07, 6.45) is -0.845. The van der Waals surface area contributed by atoms with E-state index in [1.807, 2.05) is 0 Å². The zero-order chi connectivity index (χ0) is 13.2. The second-order valence-electron chi connectivity index (χ2n) is 2.71. The minimum Gasteiger partial charge on any atom is -0.302 e. The first kappa shape index (κ1) is 16.4. The molecule has 9 nitrogen and oxygen atoms in total. The Morgan fingerprint density at radius 2 is 1.44 bits per heavy atom. The molecule has 0 bridgehead atoms.